The first-order valence-corrected chi connectivity index (χ1v) is 8.76. The van der Waals surface area contributed by atoms with Gasteiger partial charge in [-0.05, 0) is 61.4 Å². The van der Waals surface area contributed by atoms with Crippen LogP contribution in [0.15, 0.2) is 60.8 Å². The number of pyridine rings is 1. The highest BCUT2D eigenvalue weighted by atomic mass is 16.5. The van der Waals surface area contributed by atoms with Crippen LogP contribution < -0.4 is 10.6 Å². The quantitative estimate of drug-likeness (QED) is 0.643. The number of methoxy groups -OCH3 is 1. The summed E-state index contributed by atoms with van der Waals surface area (Å²) in [5.41, 5.74) is 4.75. The second-order valence-corrected chi connectivity index (χ2v) is 6.42. The highest BCUT2D eigenvalue weighted by molar-refractivity contribution is 6.03. The number of benzene rings is 2. The zero-order chi connectivity index (χ0) is 20.1. The van der Waals surface area contributed by atoms with E-state index in [2.05, 4.69) is 15.6 Å². The summed E-state index contributed by atoms with van der Waals surface area (Å²) in [7, 11) is 1.33. The van der Waals surface area contributed by atoms with Crippen LogP contribution in [0.3, 0.4) is 0 Å². The Morgan fingerprint density at radius 2 is 1.64 bits per heavy atom. The largest absolute Gasteiger partial charge is 0.465 e. The Kier molecular flexibility index (Phi) is 5.69. The topological polar surface area (TPSA) is 80.3 Å². The van der Waals surface area contributed by atoms with E-state index in [1.807, 2.05) is 38.1 Å². The first-order chi connectivity index (χ1) is 13.5. The van der Waals surface area contributed by atoms with E-state index in [9.17, 15) is 9.59 Å². The Hall–Kier alpha value is -3.67. The van der Waals surface area contributed by atoms with E-state index in [0.29, 0.717) is 16.9 Å². The average molecular weight is 375 g/mol. The van der Waals surface area contributed by atoms with E-state index < -0.39 is 5.97 Å². The molecule has 3 aromatic rings. The van der Waals surface area contributed by atoms with Crippen LogP contribution in [-0.4, -0.2) is 24.0 Å². The number of nitrogens with zero attached hydrogens (tertiary/aromatic N) is 1. The lowest BCUT2D eigenvalue weighted by molar-refractivity contribution is 0.0601. The SMILES string of the molecule is COC(=O)c1ccccc1Nc1ccnc(C(=O)Nc2cc(C)cc(C)c2)c1. The number of carbonyl (C=O) groups excluding carboxylic acids is 2. The zero-order valence-corrected chi connectivity index (χ0v) is 15.9. The Bertz CT molecular complexity index is 1010. The molecule has 0 saturated carbocycles. The Morgan fingerprint density at radius 1 is 0.929 bits per heavy atom. The summed E-state index contributed by atoms with van der Waals surface area (Å²) >= 11 is 0. The molecule has 0 unspecified atom stereocenters. The molecule has 0 spiro atoms. The molecule has 0 aliphatic rings. The van der Waals surface area contributed by atoms with Crippen molar-refractivity contribution >= 4 is 28.9 Å². The third kappa shape index (κ3) is 4.54. The third-order valence-electron chi connectivity index (χ3n) is 4.08. The lowest BCUT2D eigenvalue weighted by Crippen LogP contribution is -2.14. The molecule has 0 aliphatic heterocycles. The van der Waals surface area contributed by atoms with Gasteiger partial charge in [-0.15, -0.1) is 0 Å². The first kappa shape index (κ1) is 19.1. The van der Waals surface area contributed by atoms with Gasteiger partial charge in [0.15, 0.2) is 0 Å². The molecule has 28 heavy (non-hydrogen) atoms. The van der Waals surface area contributed by atoms with E-state index in [-0.39, 0.29) is 11.6 Å². The van der Waals surface area contributed by atoms with Gasteiger partial charge in [-0.3, -0.25) is 9.78 Å². The molecular weight excluding hydrogens is 354 g/mol. The smallest absolute Gasteiger partial charge is 0.339 e. The van der Waals surface area contributed by atoms with Crippen LogP contribution >= 0.6 is 0 Å². The molecule has 1 heterocycles. The lowest BCUT2D eigenvalue weighted by atomic mass is 10.1. The lowest BCUT2D eigenvalue weighted by Gasteiger charge is -2.12. The number of aromatic nitrogens is 1. The number of amides is 1. The number of nitrogens with one attached hydrogen (secondary N) is 2. The maximum Gasteiger partial charge on any atom is 0.339 e. The number of hydrogen-bond acceptors (Lipinski definition) is 5. The molecule has 0 aliphatic carbocycles. The van der Waals surface area contributed by atoms with Crippen molar-refractivity contribution in [3.63, 3.8) is 0 Å². The van der Waals surface area contributed by atoms with Gasteiger partial charge in [0, 0.05) is 17.6 Å². The normalized spacial score (nSPS) is 10.2. The van der Waals surface area contributed by atoms with Crippen molar-refractivity contribution in [3.05, 3.63) is 83.2 Å². The maximum atomic E-state index is 12.6. The van der Waals surface area contributed by atoms with E-state index in [1.165, 1.54) is 7.11 Å². The van der Waals surface area contributed by atoms with Gasteiger partial charge in [0.25, 0.3) is 5.91 Å². The Labute approximate surface area is 163 Å². The molecular formula is C22H21N3O3. The van der Waals surface area contributed by atoms with Gasteiger partial charge >= 0.3 is 5.97 Å². The van der Waals surface area contributed by atoms with Crippen molar-refractivity contribution < 1.29 is 14.3 Å². The summed E-state index contributed by atoms with van der Waals surface area (Å²) in [6, 6.07) is 16.2. The monoisotopic (exact) mass is 375 g/mol. The maximum absolute atomic E-state index is 12.6. The number of esters is 1. The Morgan fingerprint density at radius 3 is 2.36 bits per heavy atom. The van der Waals surface area contributed by atoms with Gasteiger partial charge in [-0.2, -0.15) is 0 Å². The molecule has 3 rings (SSSR count). The molecule has 6 heteroatoms. The third-order valence-corrected chi connectivity index (χ3v) is 4.08. The average Bonchev–Trinajstić information content (AvgIpc) is 2.67. The molecule has 0 saturated heterocycles. The van der Waals surface area contributed by atoms with Crippen molar-refractivity contribution in [3.8, 4) is 0 Å². The van der Waals surface area contributed by atoms with E-state index >= 15 is 0 Å². The molecule has 2 N–H and O–H groups in total. The van der Waals surface area contributed by atoms with Gasteiger partial charge < -0.3 is 15.4 Å². The molecule has 0 bridgehead atoms. The number of anilines is 3. The minimum absolute atomic E-state index is 0.264. The van der Waals surface area contributed by atoms with E-state index in [1.54, 1.807) is 36.5 Å². The summed E-state index contributed by atoms with van der Waals surface area (Å²) in [6.07, 6.45) is 1.54. The predicted octanol–water partition coefficient (Wildman–Crippen LogP) is 4.48. The van der Waals surface area contributed by atoms with Crippen LogP contribution in [0.1, 0.15) is 32.0 Å². The van der Waals surface area contributed by atoms with Gasteiger partial charge in [0.1, 0.15) is 5.69 Å². The van der Waals surface area contributed by atoms with Gasteiger partial charge in [0.2, 0.25) is 0 Å². The number of para-hydroxylation sites is 1. The van der Waals surface area contributed by atoms with Crippen LogP contribution in [0.4, 0.5) is 17.1 Å². The molecule has 0 atom stereocenters. The van der Waals surface area contributed by atoms with Crippen molar-refractivity contribution in [2.45, 2.75) is 13.8 Å². The van der Waals surface area contributed by atoms with Gasteiger partial charge in [-0.1, -0.05) is 18.2 Å². The summed E-state index contributed by atoms with van der Waals surface area (Å²) in [4.78, 5) is 28.7. The summed E-state index contributed by atoms with van der Waals surface area (Å²) in [5, 5.41) is 6.01. The summed E-state index contributed by atoms with van der Waals surface area (Å²) in [6.45, 7) is 3.95. The van der Waals surface area contributed by atoms with Gasteiger partial charge in [-0.25, -0.2) is 4.79 Å². The highest BCUT2D eigenvalue weighted by Gasteiger charge is 2.13. The minimum Gasteiger partial charge on any atom is -0.465 e. The number of ether oxygens (including phenoxy) is 1. The van der Waals surface area contributed by atoms with Crippen molar-refractivity contribution in [1.82, 2.24) is 4.98 Å². The van der Waals surface area contributed by atoms with Crippen molar-refractivity contribution in [1.29, 1.82) is 0 Å². The zero-order valence-electron chi connectivity index (χ0n) is 15.9. The molecule has 2 aromatic carbocycles. The second-order valence-electron chi connectivity index (χ2n) is 6.42. The molecule has 0 fully saturated rings. The van der Waals surface area contributed by atoms with Gasteiger partial charge in [0.05, 0.1) is 18.4 Å². The first-order valence-electron chi connectivity index (χ1n) is 8.76. The Balaban J connectivity index is 1.81. The van der Waals surface area contributed by atoms with Crippen LogP contribution in [0.25, 0.3) is 0 Å². The van der Waals surface area contributed by atoms with Crippen molar-refractivity contribution in [2.75, 3.05) is 17.7 Å². The fourth-order valence-corrected chi connectivity index (χ4v) is 2.91. The van der Waals surface area contributed by atoms with E-state index in [0.717, 1.165) is 16.8 Å². The molecule has 0 radical (unpaired) electrons. The van der Waals surface area contributed by atoms with Crippen LogP contribution in [0.5, 0.6) is 0 Å². The second kappa shape index (κ2) is 8.35. The molecule has 142 valence electrons. The number of aryl methyl sites for hydroxylation is 2. The predicted molar refractivity (Wildman–Crippen MR) is 109 cm³/mol. The van der Waals surface area contributed by atoms with Crippen molar-refractivity contribution in [2.24, 2.45) is 0 Å². The van der Waals surface area contributed by atoms with Crippen LogP contribution in [-0.2, 0) is 4.74 Å². The molecule has 6 nitrogen and oxygen atoms in total. The van der Waals surface area contributed by atoms with E-state index in [4.69, 9.17) is 4.74 Å². The number of rotatable bonds is 5. The molecule has 1 aromatic heterocycles. The fraction of sp³-hybridized carbons (Fsp3) is 0.136. The van der Waals surface area contributed by atoms with Crippen LogP contribution in [0.2, 0.25) is 0 Å². The van der Waals surface area contributed by atoms with Crippen LogP contribution in [0, 0.1) is 13.8 Å². The summed E-state index contributed by atoms with van der Waals surface area (Å²) in [5.74, 6) is -0.750. The standard InChI is InChI=1S/C22H21N3O3/c1-14-10-15(2)12-17(11-14)25-21(26)20-13-16(8-9-23-20)24-19-7-5-4-6-18(19)22(27)28-3/h4-13H,1-3H3,(H,23,24)(H,25,26). The highest BCUT2D eigenvalue weighted by Crippen LogP contribution is 2.22. The fourth-order valence-electron chi connectivity index (χ4n) is 2.91. The number of hydrogen-bond donors (Lipinski definition) is 2. The number of carbonyl (C=O) groups is 2. The molecule has 1 amide bonds. The minimum atomic E-state index is -0.440. The summed E-state index contributed by atoms with van der Waals surface area (Å²) < 4.78 is 4.81.